The Morgan fingerprint density at radius 1 is 0.667 bits per heavy atom. The first kappa shape index (κ1) is 22.2. The van der Waals surface area contributed by atoms with Crippen LogP contribution in [0, 0.1) is 0 Å². The molecule has 3 rings (SSSR count). The van der Waals surface area contributed by atoms with Crippen LogP contribution in [0.2, 0.25) is 0 Å². The van der Waals surface area contributed by atoms with Crippen LogP contribution >= 0.6 is 0 Å². The van der Waals surface area contributed by atoms with Crippen LogP contribution in [-0.2, 0) is 19.8 Å². The molecule has 0 aliphatic heterocycles. The SMILES string of the molecule is COC(CCCC(O)OC(c1ccccc1)(c1ccccc1)c1ccccc1)OC. The second-order valence-corrected chi connectivity index (χ2v) is 7.18. The minimum Gasteiger partial charge on any atom is -0.368 e. The van der Waals surface area contributed by atoms with Gasteiger partial charge < -0.3 is 19.3 Å². The van der Waals surface area contributed by atoms with Crippen molar-refractivity contribution in [2.45, 2.75) is 37.4 Å². The molecule has 3 aromatic carbocycles. The summed E-state index contributed by atoms with van der Waals surface area (Å²) in [5.74, 6) is 0. The first-order valence-electron chi connectivity index (χ1n) is 10.3. The van der Waals surface area contributed by atoms with Crippen LogP contribution in [0.15, 0.2) is 91.0 Å². The van der Waals surface area contributed by atoms with E-state index in [-0.39, 0.29) is 6.29 Å². The molecule has 0 aliphatic carbocycles. The Hall–Kier alpha value is -2.50. The van der Waals surface area contributed by atoms with Crippen molar-refractivity contribution in [2.75, 3.05) is 14.2 Å². The van der Waals surface area contributed by atoms with E-state index in [0.29, 0.717) is 19.3 Å². The number of aliphatic hydroxyl groups is 1. The summed E-state index contributed by atoms with van der Waals surface area (Å²) in [6, 6.07) is 30.2. The Morgan fingerprint density at radius 3 is 1.43 bits per heavy atom. The van der Waals surface area contributed by atoms with Crippen LogP contribution in [-0.4, -0.2) is 31.9 Å². The monoisotopic (exact) mass is 406 g/mol. The van der Waals surface area contributed by atoms with E-state index in [9.17, 15) is 5.11 Å². The predicted octanol–water partition coefficient (Wildman–Crippen LogP) is 5.10. The van der Waals surface area contributed by atoms with Gasteiger partial charge in [-0.15, -0.1) is 0 Å². The van der Waals surface area contributed by atoms with Crippen molar-refractivity contribution in [2.24, 2.45) is 0 Å². The Labute approximate surface area is 179 Å². The molecule has 0 fully saturated rings. The second kappa shape index (κ2) is 11.0. The third-order valence-electron chi connectivity index (χ3n) is 5.27. The molecule has 4 heteroatoms. The molecule has 0 heterocycles. The van der Waals surface area contributed by atoms with Gasteiger partial charge in [0.2, 0.25) is 0 Å². The van der Waals surface area contributed by atoms with Gasteiger partial charge in [0.25, 0.3) is 0 Å². The molecule has 0 saturated heterocycles. The standard InChI is InChI=1S/C26H30O4/c1-28-25(29-2)20-12-19-24(27)30-26(21-13-6-3-7-14-21,22-15-8-4-9-16-22)23-17-10-5-11-18-23/h3-11,13-18,24-25,27H,12,19-20H2,1-2H3. The van der Waals surface area contributed by atoms with Gasteiger partial charge in [0, 0.05) is 14.2 Å². The number of rotatable bonds is 11. The van der Waals surface area contributed by atoms with Crippen LogP contribution in [0.1, 0.15) is 36.0 Å². The first-order chi connectivity index (χ1) is 14.7. The third kappa shape index (κ3) is 5.15. The summed E-state index contributed by atoms with van der Waals surface area (Å²) in [7, 11) is 3.23. The Kier molecular flexibility index (Phi) is 8.17. The fourth-order valence-electron chi connectivity index (χ4n) is 3.78. The van der Waals surface area contributed by atoms with Gasteiger partial charge in [0.15, 0.2) is 12.6 Å². The molecular formula is C26H30O4. The van der Waals surface area contributed by atoms with Gasteiger partial charge in [0.05, 0.1) is 0 Å². The molecule has 1 N–H and O–H groups in total. The lowest BCUT2D eigenvalue weighted by Crippen LogP contribution is -2.37. The zero-order chi connectivity index (χ0) is 21.2. The summed E-state index contributed by atoms with van der Waals surface area (Å²) in [6.07, 6.45) is 0.626. The molecule has 158 valence electrons. The van der Waals surface area contributed by atoms with Crippen LogP contribution in [0.3, 0.4) is 0 Å². The normalized spacial score (nSPS) is 12.8. The molecule has 1 unspecified atom stereocenters. The highest BCUT2D eigenvalue weighted by Crippen LogP contribution is 2.41. The summed E-state index contributed by atoms with van der Waals surface area (Å²) in [6.45, 7) is 0. The van der Waals surface area contributed by atoms with Gasteiger partial charge in [-0.3, -0.25) is 0 Å². The minimum atomic E-state index is -0.958. The summed E-state index contributed by atoms with van der Waals surface area (Å²) < 4.78 is 17.0. The largest absolute Gasteiger partial charge is 0.368 e. The Bertz CT molecular complexity index is 751. The van der Waals surface area contributed by atoms with Crippen LogP contribution in [0.4, 0.5) is 0 Å². The molecule has 30 heavy (non-hydrogen) atoms. The molecule has 0 spiro atoms. The van der Waals surface area contributed by atoms with Crippen molar-refractivity contribution >= 4 is 0 Å². The van der Waals surface area contributed by atoms with E-state index in [1.54, 1.807) is 14.2 Å². The zero-order valence-electron chi connectivity index (χ0n) is 17.6. The highest BCUT2D eigenvalue weighted by molar-refractivity contribution is 5.47. The van der Waals surface area contributed by atoms with Gasteiger partial charge >= 0.3 is 0 Å². The molecule has 4 nitrogen and oxygen atoms in total. The van der Waals surface area contributed by atoms with E-state index in [4.69, 9.17) is 14.2 Å². The molecule has 1 atom stereocenters. The highest BCUT2D eigenvalue weighted by Gasteiger charge is 2.39. The predicted molar refractivity (Wildman–Crippen MR) is 118 cm³/mol. The molecule has 0 aliphatic rings. The first-order valence-corrected chi connectivity index (χ1v) is 10.3. The summed E-state index contributed by atoms with van der Waals surface area (Å²) in [5, 5.41) is 10.9. The lowest BCUT2D eigenvalue weighted by molar-refractivity contribution is -0.166. The van der Waals surface area contributed by atoms with Gasteiger partial charge in [-0.05, 0) is 36.0 Å². The minimum absolute atomic E-state index is 0.278. The molecule has 0 amide bonds. The molecule has 0 saturated carbocycles. The van der Waals surface area contributed by atoms with Gasteiger partial charge in [-0.25, -0.2) is 0 Å². The van der Waals surface area contributed by atoms with Gasteiger partial charge in [-0.1, -0.05) is 91.0 Å². The average molecular weight is 407 g/mol. The maximum absolute atomic E-state index is 10.9. The Morgan fingerprint density at radius 2 is 1.07 bits per heavy atom. The molecule has 0 radical (unpaired) electrons. The fraction of sp³-hybridized carbons (Fsp3) is 0.308. The maximum atomic E-state index is 10.9. The Balaban J connectivity index is 1.97. The van der Waals surface area contributed by atoms with Crippen LogP contribution in [0.5, 0.6) is 0 Å². The number of benzene rings is 3. The molecule has 0 aromatic heterocycles. The summed E-state index contributed by atoms with van der Waals surface area (Å²) in [5.41, 5.74) is 1.97. The summed E-state index contributed by atoms with van der Waals surface area (Å²) >= 11 is 0. The van der Waals surface area contributed by atoms with Crippen molar-refractivity contribution in [3.05, 3.63) is 108 Å². The van der Waals surface area contributed by atoms with E-state index in [0.717, 1.165) is 16.7 Å². The van der Waals surface area contributed by atoms with Crippen molar-refractivity contribution in [1.29, 1.82) is 0 Å². The lowest BCUT2D eigenvalue weighted by atomic mass is 9.80. The second-order valence-electron chi connectivity index (χ2n) is 7.18. The van der Waals surface area contributed by atoms with E-state index in [2.05, 4.69) is 0 Å². The van der Waals surface area contributed by atoms with Crippen LogP contribution < -0.4 is 0 Å². The maximum Gasteiger partial charge on any atom is 0.156 e. The number of methoxy groups -OCH3 is 2. The van der Waals surface area contributed by atoms with Crippen molar-refractivity contribution in [3.63, 3.8) is 0 Å². The lowest BCUT2D eigenvalue weighted by Gasteiger charge is -2.37. The van der Waals surface area contributed by atoms with E-state index >= 15 is 0 Å². The van der Waals surface area contributed by atoms with E-state index in [1.807, 2.05) is 91.0 Å². The number of hydrogen-bond donors (Lipinski definition) is 1. The zero-order valence-corrected chi connectivity index (χ0v) is 17.6. The fourth-order valence-corrected chi connectivity index (χ4v) is 3.78. The van der Waals surface area contributed by atoms with Crippen molar-refractivity contribution in [3.8, 4) is 0 Å². The molecule has 3 aromatic rings. The average Bonchev–Trinajstić information content (AvgIpc) is 2.82. The number of aliphatic hydroxyl groups excluding tert-OH is 1. The van der Waals surface area contributed by atoms with Crippen molar-refractivity contribution < 1.29 is 19.3 Å². The van der Waals surface area contributed by atoms with Crippen LogP contribution in [0.25, 0.3) is 0 Å². The van der Waals surface area contributed by atoms with Gasteiger partial charge in [0.1, 0.15) is 5.60 Å². The molecular weight excluding hydrogens is 376 g/mol. The van der Waals surface area contributed by atoms with E-state index < -0.39 is 11.9 Å². The van der Waals surface area contributed by atoms with E-state index in [1.165, 1.54) is 0 Å². The highest BCUT2D eigenvalue weighted by atomic mass is 16.7. The van der Waals surface area contributed by atoms with Gasteiger partial charge in [-0.2, -0.15) is 0 Å². The quantitative estimate of drug-likeness (QED) is 0.355. The number of ether oxygens (including phenoxy) is 3. The summed E-state index contributed by atoms with van der Waals surface area (Å²) in [4.78, 5) is 0. The number of hydrogen-bond acceptors (Lipinski definition) is 4. The molecule has 0 bridgehead atoms. The third-order valence-corrected chi connectivity index (χ3v) is 5.27. The van der Waals surface area contributed by atoms with Crippen molar-refractivity contribution in [1.82, 2.24) is 0 Å². The smallest absolute Gasteiger partial charge is 0.156 e. The topological polar surface area (TPSA) is 47.9 Å².